The maximum absolute atomic E-state index is 13.4. The van der Waals surface area contributed by atoms with E-state index in [0.29, 0.717) is 18.9 Å². The molecule has 0 aromatic heterocycles. The SMILES string of the molecule is CCCCC(C(=O)Nc1c(C)cccc1C)N1CCN(CC(O)C2COc3ccccc3O2)CC1. The Labute approximate surface area is 209 Å². The van der Waals surface area contributed by atoms with E-state index in [9.17, 15) is 9.90 Å². The Morgan fingerprint density at radius 3 is 2.43 bits per heavy atom. The van der Waals surface area contributed by atoms with Crippen LogP contribution in [0.2, 0.25) is 0 Å². The Balaban J connectivity index is 1.31. The molecule has 2 aromatic carbocycles. The van der Waals surface area contributed by atoms with Gasteiger partial charge in [0.05, 0.1) is 6.04 Å². The van der Waals surface area contributed by atoms with E-state index in [1.807, 2.05) is 56.3 Å². The van der Waals surface area contributed by atoms with Crippen LogP contribution in [-0.4, -0.2) is 78.4 Å². The first-order chi connectivity index (χ1) is 17.0. The molecule has 0 radical (unpaired) electrons. The molecule has 0 bridgehead atoms. The minimum atomic E-state index is -0.641. The van der Waals surface area contributed by atoms with Gasteiger partial charge in [0.15, 0.2) is 17.6 Å². The summed E-state index contributed by atoms with van der Waals surface area (Å²) in [5.74, 6) is 1.49. The molecule has 1 saturated heterocycles. The average Bonchev–Trinajstić information content (AvgIpc) is 2.87. The van der Waals surface area contributed by atoms with E-state index in [-0.39, 0.29) is 18.1 Å². The Morgan fingerprint density at radius 1 is 1.06 bits per heavy atom. The van der Waals surface area contributed by atoms with E-state index in [4.69, 9.17) is 9.47 Å². The maximum Gasteiger partial charge on any atom is 0.241 e. The smallest absolute Gasteiger partial charge is 0.241 e. The number of aliphatic hydroxyl groups is 1. The Hall–Kier alpha value is -2.61. The molecule has 1 amide bonds. The predicted molar refractivity (Wildman–Crippen MR) is 138 cm³/mol. The zero-order valence-electron chi connectivity index (χ0n) is 21.2. The third kappa shape index (κ3) is 6.34. The molecule has 3 atom stereocenters. The van der Waals surface area contributed by atoms with Crippen molar-refractivity contribution >= 4 is 11.6 Å². The average molecular weight is 482 g/mol. The molecule has 2 aliphatic heterocycles. The van der Waals surface area contributed by atoms with Gasteiger partial charge in [-0.1, -0.05) is 50.1 Å². The van der Waals surface area contributed by atoms with Crippen molar-refractivity contribution in [2.75, 3.05) is 44.6 Å². The molecule has 1 fully saturated rings. The van der Waals surface area contributed by atoms with E-state index >= 15 is 0 Å². The number of benzene rings is 2. The lowest BCUT2D eigenvalue weighted by Crippen LogP contribution is -2.56. The number of rotatable bonds is 9. The molecule has 2 heterocycles. The summed E-state index contributed by atoms with van der Waals surface area (Å²) in [5, 5.41) is 14.0. The number of ether oxygens (including phenoxy) is 2. The molecular formula is C28H39N3O4. The minimum absolute atomic E-state index is 0.0794. The Morgan fingerprint density at radius 2 is 1.74 bits per heavy atom. The Kier molecular flexibility index (Phi) is 8.65. The summed E-state index contributed by atoms with van der Waals surface area (Å²) >= 11 is 0. The van der Waals surface area contributed by atoms with Crippen molar-refractivity contribution in [3.8, 4) is 11.5 Å². The summed E-state index contributed by atoms with van der Waals surface area (Å²) in [4.78, 5) is 17.9. The highest BCUT2D eigenvalue weighted by Gasteiger charge is 2.32. The van der Waals surface area contributed by atoms with Crippen LogP contribution in [0.15, 0.2) is 42.5 Å². The van der Waals surface area contributed by atoms with Crippen LogP contribution in [0.25, 0.3) is 0 Å². The number of anilines is 1. The van der Waals surface area contributed by atoms with E-state index in [0.717, 1.165) is 68.0 Å². The van der Waals surface area contributed by atoms with Crippen molar-refractivity contribution in [2.24, 2.45) is 0 Å². The molecule has 0 spiro atoms. The van der Waals surface area contributed by atoms with Crippen LogP contribution in [-0.2, 0) is 4.79 Å². The van der Waals surface area contributed by atoms with Gasteiger partial charge in [-0.15, -0.1) is 0 Å². The van der Waals surface area contributed by atoms with Crippen LogP contribution in [0.1, 0.15) is 37.3 Å². The lowest BCUT2D eigenvalue weighted by atomic mass is 10.0. The van der Waals surface area contributed by atoms with Crippen molar-refractivity contribution in [1.82, 2.24) is 9.80 Å². The predicted octanol–water partition coefficient (Wildman–Crippen LogP) is 3.62. The van der Waals surface area contributed by atoms with Gasteiger partial charge in [-0.25, -0.2) is 0 Å². The largest absolute Gasteiger partial charge is 0.486 e. The normalized spacial score (nSPS) is 20.3. The Bertz CT molecular complexity index is 970. The van der Waals surface area contributed by atoms with Crippen molar-refractivity contribution in [3.05, 3.63) is 53.6 Å². The lowest BCUT2D eigenvalue weighted by Gasteiger charge is -2.40. The highest BCUT2D eigenvalue weighted by Crippen LogP contribution is 2.31. The fourth-order valence-electron chi connectivity index (χ4n) is 4.96. The van der Waals surface area contributed by atoms with Gasteiger partial charge >= 0.3 is 0 Å². The number of fused-ring (bicyclic) bond motifs is 1. The third-order valence-electron chi connectivity index (χ3n) is 7.12. The molecule has 2 N–H and O–H groups in total. The maximum atomic E-state index is 13.4. The summed E-state index contributed by atoms with van der Waals surface area (Å²) in [6.07, 6.45) is 1.90. The van der Waals surface area contributed by atoms with E-state index in [2.05, 4.69) is 22.0 Å². The topological polar surface area (TPSA) is 74.3 Å². The van der Waals surface area contributed by atoms with Gasteiger partial charge in [0.1, 0.15) is 12.7 Å². The number of unbranched alkanes of at least 4 members (excludes halogenated alkanes) is 1. The molecule has 190 valence electrons. The number of hydrogen-bond acceptors (Lipinski definition) is 6. The number of aliphatic hydroxyl groups excluding tert-OH is 1. The van der Waals surface area contributed by atoms with Gasteiger partial charge in [0.25, 0.3) is 0 Å². The molecular weight excluding hydrogens is 442 g/mol. The second-order valence-electron chi connectivity index (χ2n) is 9.73. The number of amides is 1. The molecule has 0 aliphatic carbocycles. The summed E-state index contributed by atoms with van der Waals surface area (Å²) in [5.41, 5.74) is 3.10. The van der Waals surface area contributed by atoms with Gasteiger partial charge in [-0.3, -0.25) is 14.6 Å². The first kappa shape index (κ1) is 25.5. The lowest BCUT2D eigenvalue weighted by molar-refractivity contribution is -0.122. The number of para-hydroxylation sites is 3. The number of carbonyl (C=O) groups excluding carboxylic acids is 1. The molecule has 0 saturated carbocycles. The zero-order chi connectivity index (χ0) is 24.8. The standard InChI is InChI=1S/C28H39N3O4/c1-4-5-11-22(28(33)29-27-20(2)9-8-10-21(27)3)31-16-14-30(15-17-31)18-23(32)26-19-34-24-12-6-7-13-25(24)35-26/h6-10,12-13,22-23,26,32H,4-5,11,14-19H2,1-3H3,(H,29,33). The zero-order valence-corrected chi connectivity index (χ0v) is 21.2. The number of aryl methyl sites for hydroxylation is 2. The van der Waals surface area contributed by atoms with Crippen LogP contribution in [0.4, 0.5) is 5.69 Å². The summed E-state index contributed by atoms with van der Waals surface area (Å²) in [7, 11) is 0. The minimum Gasteiger partial charge on any atom is -0.486 e. The van der Waals surface area contributed by atoms with Gasteiger partial charge in [0, 0.05) is 38.4 Å². The summed E-state index contributed by atoms with van der Waals surface area (Å²) < 4.78 is 11.7. The van der Waals surface area contributed by atoms with Crippen LogP contribution in [0.5, 0.6) is 11.5 Å². The molecule has 2 aromatic rings. The van der Waals surface area contributed by atoms with Gasteiger partial charge in [-0.2, -0.15) is 0 Å². The first-order valence-electron chi connectivity index (χ1n) is 12.9. The van der Waals surface area contributed by atoms with Crippen molar-refractivity contribution < 1.29 is 19.4 Å². The van der Waals surface area contributed by atoms with Crippen molar-refractivity contribution in [2.45, 2.75) is 58.3 Å². The number of β-amino-alcohol motifs (C(OH)–C–C–N with tert-alkyl or cyclic N) is 1. The number of nitrogens with one attached hydrogen (secondary N) is 1. The van der Waals surface area contributed by atoms with E-state index in [1.165, 1.54) is 0 Å². The monoisotopic (exact) mass is 481 g/mol. The summed E-state index contributed by atoms with van der Waals surface area (Å²) in [6, 6.07) is 13.5. The first-order valence-corrected chi connectivity index (χ1v) is 12.9. The fourth-order valence-corrected chi connectivity index (χ4v) is 4.96. The number of piperazine rings is 1. The van der Waals surface area contributed by atoms with Crippen LogP contribution in [0.3, 0.4) is 0 Å². The highest BCUT2D eigenvalue weighted by atomic mass is 16.6. The van der Waals surface area contributed by atoms with E-state index < -0.39 is 6.10 Å². The molecule has 4 rings (SSSR count). The quantitative estimate of drug-likeness (QED) is 0.570. The molecule has 7 heteroatoms. The fraction of sp³-hybridized carbons (Fsp3) is 0.536. The molecule has 3 unspecified atom stereocenters. The van der Waals surface area contributed by atoms with E-state index in [1.54, 1.807) is 0 Å². The van der Waals surface area contributed by atoms with Crippen LogP contribution >= 0.6 is 0 Å². The van der Waals surface area contributed by atoms with Crippen LogP contribution in [0, 0.1) is 13.8 Å². The molecule has 2 aliphatic rings. The van der Waals surface area contributed by atoms with Gasteiger partial charge in [0.2, 0.25) is 5.91 Å². The van der Waals surface area contributed by atoms with Gasteiger partial charge < -0.3 is 19.9 Å². The number of hydrogen-bond donors (Lipinski definition) is 2. The number of nitrogens with zero attached hydrogens (tertiary/aromatic N) is 2. The molecule has 7 nitrogen and oxygen atoms in total. The second kappa shape index (κ2) is 11.9. The summed E-state index contributed by atoms with van der Waals surface area (Å²) in [6.45, 7) is 10.3. The van der Waals surface area contributed by atoms with Crippen molar-refractivity contribution in [3.63, 3.8) is 0 Å². The second-order valence-corrected chi connectivity index (χ2v) is 9.73. The molecule has 35 heavy (non-hydrogen) atoms. The van der Waals surface area contributed by atoms with Crippen LogP contribution < -0.4 is 14.8 Å². The number of carbonyl (C=O) groups is 1. The van der Waals surface area contributed by atoms with Crippen molar-refractivity contribution in [1.29, 1.82) is 0 Å². The third-order valence-corrected chi connectivity index (χ3v) is 7.12. The highest BCUT2D eigenvalue weighted by molar-refractivity contribution is 5.96. The van der Waals surface area contributed by atoms with Gasteiger partial charge in [-0.05, 0) is 43.5 Å².